The van der Waals surface area contributed by atoms with Crippen molar-refractivity contribution < 1.29 is 0 Å². The summed E-state index contributed by atoms with van der Waals surface area (Å²) in [4.78, 5) is 4.53. The molecular weight excluding hydrogens is 364 g/mol. The van der Waals surface area contributed by atoms with Gasteiger partial charge < -0.3 is 16.8 Å². The quantitative estimate of drug-likeness (QED) is 0.495. The van der Waals surface area contributed by atoms with Crippen LogP contribution >= 0.6 is 0 Å². The molecule has 29 heavy (non-hydrogen) atoms. The van der Waals surface area contributed by atoms with Gasteiger partial charge >= 0.3 is 0 Å². The maximum atomic E-state index is 6.41. The molecule has 0 atom stereocenters. The van der Waals surface area contributed by atoms with Gasteiger partial charge in [0.05, 0.1) is 11.4 Å². The smallest absolute Gasteiger partial charge is 0.177 e. The molecule has 1 fully saturated rings. The summed E-state index contributed by atoms with van der Waals surface area (Å²) in [6.45, 7) is 0. The zero-order valence-electron chi connectivity index (χ0n) is 16.1. The van der Waals surface area contributed by atoms with E-state index in [0.717, 1.165) is 54.0 Å². The van der Waals surface area contributed by atoms with Crippen LogP contribution in [-0.2, 0) is 0 Å². The van der Waals surface area contributed by atoms with Gasteiger partial charge in [-0.2, -0.15) is 5.10 Å². The molecule has 0 unspecified atom stereocenters. The van der Waals surface area contributed by atoms with E-state index in [0.29, 0.717) is 11.7 Å². The van der Waals surface area contributed by atoms with Crippen molar-refractivity contribution in [1.29, 1.82) is 0 Å². The van der Waals surface area contributed by atoms with Crippen LogP contribution < -0.4 is 16.8 Å². The number of nitrogens with two attached hydrogens (primary N) is 2. The van der Waals surface area contributed by atoms with Gasteiger partial charge in [-0.1, -0.05) is 0 Å². The molecule has 8 nitrogen and oxygen atoms in total. The molecule has 0 amide bonds. The van der Waals surface area contributed by atoms with Crippen molar-refractivity contribution in [3.8, 4) is 5.69 Å². The lowest BCUT2D eigenvalue weighted by atomic mass is 9.81. The summed E-state index contributed by atoms with van der Waals surface area (Å²) < 4.78 is 3.56. The van der Waals surface area contributed by atoms with Gasteiger partial charge in [-0.15, -0.1) is 5.10 Å². The molecule has 0 radical (unpaired) electrons. The Morgan fingerprint density at radius 1 is 1.00 bits per heavy atom. The van der Waals surface area contributed by atoms with Crippen LogP contribution in [0.4, 0.5) is 17.2 Å². The second-order valence-electron chi connectivity index (χ2n) is 7.60. The van der Waals surface area contributed by atoms with Crippen LogP contribution in [-0.4, -0.2) is 30.4 Å². The number of imidazole rings is 1. The lowest BCUT2D eigenvalue weighted by Gasteiger charge is -2.28. The minimum absolute atomic E-state index is 0.279. The number of anilines is 3. The van der Waals surface area contributed by atoms with Crippen molar-refractivity contribution >= 4 is 22.8 Å². The first-order valence-corrected chi connectivity index (χ1v) is 9.94. The van der Waals surface area contributed by atoms with Crippen molar-refractivity contribution in [3.63, 3.8) is 0 Å². The fourth-order valence-corrected chi connectivity index (χ4v) is 4.18. The Bertz CT molecular complexity index is 1110. The highest BCUT2D eigenvalue weighted by atomic mass is 15.3. The fraction of sp³-hybridized carbons (Fsp3) is 0.286. The molecule has 5 N–H and O–H groups in total. The van der Waals surface area contributed by atoms with E-state index in [1.807, 2.05) is 47.4 Å². The second-order valence-corrected chi connectivity index (χ2v) is 7.60. The Morgan fingerprint density at radius 2 is 1.79 bits per heavy atom. The van der Waals surface area contributed by atoms with E-state index < -0.39 is 0 Å². The highest BCUT2D eigenvalue weighted by molar-refractivity contribution is 5.80. The molecule has 1 saturated carbocycles. The lowest BCUT2D eigenvalue weighted by Crippen LogP contribution is -2.26. The number of hydrogen-bond donors (Lipinski definition) is 3. The number of aromatic nitrogens is 5. The third kappa shape index (κ3) is 3.31. The highest BCUT2D eigenvalue weighted by Gasteiger charge is 2.27. The summed E-state index contributed by atoms with van der Waals surface area (Å²) in [6.07, 6.45) is 11.3. The number of hydrogen-bond acceptors (Lipinski definition) is 6. The Balaban J connectivity index is 1.53. The van der Waals surface area contributed by atoms with Gasteiger partial charge in [-0.05, 0) is 61.9 Å². The monoisotopic (exact) mass is 388 g/mol. The molecule has 0 bridgehead atoms. The summed E-state index contributed by atoms with van der Waals surface area (Å²) >= 11 is 0. The summed E-state index contributed by atoms with van der Waals surface area (Å²) in [6, 6.07) is 10.3. The lowest BCUT2D eigenvalue weighted by molar-refractivity contribution is 0.396. The Kier molecular flexibility index (Phi) is 4.40. The van der Waals surface area contributed by atoms with Gasteiger partial charge in [0.1, 0.15) is 5.82 Å². The zero-order valence-corrected chi connectivity index (χ0v) is 16.1. The van der Waals surface area contributed by atoms with Crippen LogP contribution in [0.5, 0.6) is 0 Å². The molecule has 1 aliphatic rings. The SMILES string of the molecule is Nc1nn2ccnc2c(Nc2ccc(-n3cccn3)cc2)c1[C@H]1CC[C@@H](N)CC1. The van der Waals surface area contributed by atoms with Crippen LogP contribution in [0.25, 0.3) is 11.3 Å². The van der Waals surface area contributed by atoms with Crippen molar-refractivity contribution in [2.24, 2.45) is 5.73 Å². The van der Waals surface area contributed by atoms with Gasteiger partial charge in [-0.25, -0.2) is 14.2 Å². The highest BCUT2D eigenvalue weighted by Crippen LogP contribution is 2.41. The normalized spacial score (nSPS) is 19.5. The van der Waals surface area contributed by atoms with Crippen molar-refractivity contribution in [2.45, 2.75) is 37.6 Å². The average Bonchev–Trinajstić information content (AvgIpc) is 3.42. The van der Waals surface area contributed by atoms with Crippen LogP contribution in [0.2, 0.25) is 0 Å². The maximum Gasteiger partial charge on any atom is 0.177 e. The van der Waals surface area contributed by atoms with E-state index in [9.17, 15) is 0 Å². The fourth-order valence-electron chi connectivity index (χ4n) is 4.18. The van der Waals surface area contributed by atoms with Crippen LogP contribution in [0.15, 0.2) is 55.1 Å². The average molecular weight is 388 g/mol. The molecule has 3 aromatic heterocycles. The molecule has 1 aliphatic carbocycles. The van der Waals surface area contributed by atoms with E-state index in [2.05, 4.69) is 20.5 Å². The predicted molar refractivity (Wildman–Crippen MR) is 113 cm³/mol. The van der Waals surface area contributed by atoms with Crippen molar-refractivity contribution in [3.05, 3.63) is 60.7 Å². The molecule has 148 valence electrons. The van der Waals surface area contributed by atoms with E-state index in [1.165, 1.54) is 0 Å². The summed E-state index contributed by atoms with van der Waals surface area (Å²) in [5.41, 5.74) is 17.2. The van der Waals surface area contributed by atoms with Gasteiger partial charge in [0, 0.05) is 42.1 Å². The molecule has 0 aliphatic heterocycles. The van der Waals surface area contributed by atoms with Crippen LogP contribution in [0.3, 0.4) is 0 Å². The Morgan fingerprint density at radius 3 is 2.52 bits per heavy atom. The summed E-state index contributed by atoms with van der Waals surface area (Å²) in [5.74, 6) is 0.876. The summed E-state index contributed by atoms with van der Waals surface area (Å²) in [5, 5.41) is 12.4. The minimum atomic E-state index is 0.279. The first kappa shape index (κ1) is 17.7. The van der Waals surface area contributed by atoms with Crippen molar-refractivity contribution in [2.75, 3.05) is 11.1 Å². The topological polar surface area (TPSA) is 112 Å². The molecule has 4 aromatic rings. The standard InChI is InChI=1S/C21H24N8/c22-15-4-2-14(3-5-15)18-19(21-24-11-13-29(21)27-20(18)23)26-16-6-8-17(9-7-16)28-12-1-10-25-28/h1,6-15,26H,2-5,22H2,(H2,23,27)/t14-,15+. The van der Waals surface area contributed by atoms with Gasteiger partial charge in [0.25, 0.3) is 0 Å². The number of nitrogen functional groups attached to an aromatic ring is 1. The molecule has 5 rings (SSSR count). The molecule has 0 spiro atoms. The van der Waals surface area contributed by atoms with Crippen LogP contribution in [0, 0.1) is 0 Å². The number of nitrogens with one attached hydrogen (secondary N) is 1. The van der Waals surface area contributed by atoms with Gasteiger partial charge in [-0.3, -0.25) is 0 Å². The third-order valence-corrected chi connectivity index (χ3v) is 5.69. The minimum Gasteiger partial charge on any atom is -0.382 e. The van der Waals surface area contributed by atoms with Gasteiger partial charge in [0.15, 0.2) is 5.65 Å². The molecule has 3 heterocycles. The van der Waals surface area contributed by atoms with Gasteiger partial charge in [0.2, 0.25) is 0 Å². The largest absolute Gasteiger partial charge is 0.382 e. The number of fused-ring (bicyclic) bond motifs is 1. The van der Waals surface area contributed by atoms with E-state index >= 15 is 0 Å². The second kappa shape index (κ2) is 7.21. The molecule has 1 aromatic carbocycles. The van der Waals surface area contributed by atoms with E-state index in [1.54, 1.807) is 16.9 Å². The molecule has 8 heteroatoms. The summed E-state index contributed by atoms with van der Waals surface area (Å²) in [7, 11) is 0. The van der Waals surface area contributed by atoms with E-state index in [-0.39, 0.29) is 6.04 Å². The third-order valence-electron chi connectivity index (χ3n) is 5.69. The Hall–Kier alpha value is -3.39. The van der Waals surface area contributed by atoms with Crippen LogP contribution in [0.1, 0.15) is 37.2 Å². The zero-order chi connectivity index (χ0) is 19.8. The number of rotatable bonds is 4. The maximum absolute atomic E-state index is 6.41. The van der Waals surface area contributed by atoms with E-state index in [4.69, 9.17) is 11.5 Å². The number of benzene rings is 1. The predicted octanol–water partition coefficient (Wildman–Crippen LogP) is 3.23. The number of nitrogens with zero attached hydrogens (tertiary/aromatic N) is 5. The first-order valence-electron chi connectivity index (χ1n) is 9.94. The molecular formula is C21H24N8. The molecule has 0 saturated heterocycles. The van der Waals surface area contributed by atoms with Crippen molar-refractivity contribution in [1.82, 2.24) is 24.4 Å². The first-order chi connectivity index (χ1) is 14.2. The Labute approximate surface area is 168 Å².